The zero-order valence-electron chi connectivity index (χ0n) is 14.9. The van der Waals surface area contributed by atoms with E-state index in [9.17, 15) is 4.79 Å². The van der Waals surface area contributed by atoms with Gasteiger partial charge >= 0.3 is 5.97 Å². The minimum Gasteiger partial charge on any atom is -0.493 e. The SMILES string of the molecule is COc1cc(Br)c(/C=C(\CCC(=O)O)c2nc3ccccc3s2)cc1OC. The van der Waals surface area contributed by atoms with Gasteiger partial charge in [0.15, 0.2) is 11.5 Å². The molecule has 0 aliphatic heterocycles. The largest absolute Gasteiger partial charge is 0.493 e. The molecule has 0 saturated heterocycles. The van der Waals surface area contributed by atoms with Gasteiger partial charge in [0.2, 0.25) is 0 Å². The molecule has 2 aromatic carbocycles. The van der Waals surface area contributed by atoms with Crippen LogP contribution in [0.4, 0.5) is 0 Å². The molecule has 5 nitrogen and oxygen atoms in total. The summed E-state index contributed by atoms with van der Waals surface area (Å²) in [5, 5.41) is 9.95. The number of para-hydroxylation sites is 1. The average molecular weight is 448 g/mol. The Morgan fingerprint density at radius 2 is 1.89 bits per heavy atom. The molecule has 1 N–H and O–H groups in total. The van der Waals surface area contributed by atoms with Crippen molar-refractivity contribution in [1.29, 1.82) is 0 Å². The number of fused-ring (bicyclic) bond motifs is 1. The van der Waals surface area contributed by atoms with Gasteiger partial charge in [-0.1, -0.05) is 28.1 Å². The van der Waals surface area contributed by atoms with Crippen molar-refractivity contribution >= 4 is 55.1 Å². The standard InChI is InChI=1S/C20H18BrNO4S/c1-25-16-10-13(14(21)11-17(16)26-2)9-12(7-8-19(23)24)20-22-15-5-3-4-6-18(15)27-20/h3-6,9-11H,7-8H2,1-2H3,(H,23,24)/b12-9+. The van der Waals surface area contributed by atoms with Crippen LogP contribution >= 0.6 is 27.3 Å². The third-order valence-corrected chi connectivity index (χ3v) is 5.81. The lowest BCUT2D eigenvalue weighted by molar-refractivity contribution is -0.136. The van der Waals surface area contributed by atoms with E-state index < -0.39 is 5.97 Å². The van der Waals surface area contributed by atoms with E-state index in [0.717, 1.165) is 30.8 Å². The number of carbonyl (C=O) groups is 1. The molecule has 3 aromatic rings. The van der Waals surface area contributed by atoms with Crippen LogP contribution in [0.2, 0.25) is 0 Å². The highest BCUT2D eigenvalue weighted by molar-refractivity contribution is 9.10. The van der Waals surface area contributed by atoms with Crippen LogP contribution in [0, 0.1) is 0 Å². The maximum absolute atomic E-state index is 11.1. The molecular formula is C20H18BrNO4S. The summed E-state index contributed by atoms with van der Waals surface area (Å²) in [5.41, 5.74) is 2.64. The van der Waals surface area contributed by atoms with Gasteiger partial charge in [0.05, 0.1) is 24.4 Å². The number of carboxylic acids is 1. The van der Waals surface area contributed by atoms with Crippen LogP contribution in [0.25, 0.3) is 21.9 Å². The average Bonchev–Trinajstić information content (AvgIpc) is 3.09. The minimum atomic E-state index is -0.839. The summed E-state index contributed by atoms with van der Waals surface area (Å²) in [7, 11) is 3.16. The predicted molar refractivity (Wildman–Crippen MR) is 112 cm³/mol. The lowest BCUT2D eigenvalue weighted by Crippen LogP contribution is -1.96. The van der Waals surface area contributed by atoms with E-state index in [0.29, 0.717) is 17.9 Å². The van der Waals surface area contributed by atoms with Crippen LogP contribution in [0.1, 0.15) is 23.4 Å². The molecule has 0 aliphatic carbocycles. The molecule has 7 heteroatoms. The molecule has 0 fully saturated rings. The molecule has 0 spiro atoms. The molecule has 1 aromatic heterocycles. The Balaban J connectivity index is 2.08. The summed E-state index contributed by atoms with van der Waals surface area (Å²) in [4.78, 5) is 15.8. The van der Waals surface area contributed by atoms with Crippen molar-refractivity contribution in [3.05, 3.63) is 51.4 Å². The fourth-order valence-corrected chi connectivity index (χ4v) is 4.11. The second-order valence-electron chi connectivity index (χ2n) is 5.78. The first-order valence-corrected chi connectivity index (χ1v) is 9.82. The van der Waals surface area contributed by atoms with Crippen molar-refractivity contribution in [3.63, 3.8) is 0 Å². The Bertz CT molecular complexity index is 979. The topological polar surface area (TPSA) is 68.7 Å². The number of methoxy groups -OCH3 is 2. The highest BCUT2D eigenvalue weighted by atomic mass is 79.9. The normalized spacial score (nSPS) is 11.6. The molecule has 140 valence electrons. The number of aliphatic carboxylic acids is 1. The maximum Gasteiger partial charge on any atom is 0.303 e. The summed E-state index contributed by atoms with van der Waals surface area (Å²) >= 11 is 5.11. The van der Waals surface area contributed by atoms with E-state index in [4.69, 9.17) is 14.6 Å². The summed E-state index contributed by atoms with van der Waals surface area (Å²) in [6, 6.07) is 11.6. The summed E-state index contributed by atoms with van der Waals surface area (Å²) in [6.45, 7) is 0. The first-order valence-electron chi connectivity index (χ1n) is 8.21. The van der Waals surface area contributed by atoms with Gasteiger partial charge in [-0.05, 0) is 47.9 Å². The summed E-state index contributed by atoms with van der Waals surface area (Å²) < 4.78 is 12.6. The zero-order chi connectivity index (χ0) is 19.4. The van der Waals surface area contributed by atoms with Crippen molar-refractivity contribution in [1.82, 2.24) is 4.98 Å². The fraction of sp³-hybridized carbons (Fsp3) is 0.200. The number of nitrogens with zero attached hydrogens (tertiary/aromatic N) is 1. The molecule has 0 radical (unpaired) electrons. The number of ether oxygens (including phenoxy) is 2. The Morgan fingerprint density at radius 1 is 1.19 bits per heavy atom. The second-order valence-corrected chi connectivity index (χ2v) is 7.66. The predicted octanol–water partition coefficient (Wildman–Crippen LogP) is 5.48. The van der Waals surface area contributed by atoms with Gasteiger partial charge in [0, 0.05) is 10.9 Å². The fourth-order valence-electron chi connectivity index (χ4n) is 2.66. The van der Waals surface area contributed by atoms with E-state index >= 15 is 0 Å². The molecule has 1 heterocycles. The van der Waals surface area contributed by atoms with Crippen molar-refractivity contribution in [3.8, 4) is 11.5 Å². The number of hydrogen-bond acceptors (Lipinski definition) is 5. The Morgan fingerprint density at radius 3 is 2.56 bits per heavy atom. The van der Waals surface area contributed by atoms with Crippen LogP contribution < -0.4 is 9.47 Å². The number of hydrogen-bond donors (Lipinski definition) is 1. The van der Waals surface area contributed by atoms with Crippen LogP contribution in [-0.2, 0) is 4.79 Å². The maximum atomic E-state index is 11.1. The number of rotatable bonds is 7. The van der Waals surface area contributed by atoms with Gasteiger partial charge in [0.1, 0.15) is 5.01 Å². The number of thiazole rings is 1. The molecule has 0 atom stereocenters. The van der Waals surface area contributed by atoms with E-state index in [1.165, 1.54) is 0 Å². The summed E-state index contributed by atoms with van der Waals surface area (Å²) in [6.07, 6.45) is 2.37. The lowest BCUT2D eigenvalue weighted by Gasteiger charge is -2.11. The minimum absolute atomic E-state index is 0.0344. The molecule has 3 rings (SSSR count). The van der Waals surface area contributed by atoms with E-state index in [2.05, 4.69) is 20.9 Å². The first kappa shape index (κ1) is 19.4. The molecule has 0 amide bonds. The monoisotopic (exact) mass is 447 g/mol. The lowest BCUT2D eigenvalue weighted by atomic mass is 10.1. The second kappa shape index (κ2) is 8.54. The van der Waals surface area contributed by atoms with Crippen LogP contribution in [0.3, 0.4) is 0 Å². The Labute approximate surface area is 169 Å². The van der Waals surface area contributed by atoms with Crippen molar-refractivity contribution < 1.29 is 19.4 Å². The van der Waals surface area contributed by atoms with Crippen molar-refractivity contribution in [2.24, 2.45) is 0 Å². The van der Waals surface area contributed by atoms with Gasteiger partial charge in [0.25, 0.3) is 0 Å². The van der Waals surface area contributed by atoms with E-state index in [1.807, 2.05) is 42.5 Å². The number of carboxylic acid groups (broad SMARTS) is 1. The Kier molecular flexibility index (Phi) is 6.13. The van der Waals surface area contributed by atoms with Crippen LogP contribution in [0.15, 0.2) is 40.9 Å². The van der Waals surface area contributed by atoms with Crippen molar-refractivity contribution in [2.45, 2.75) is 12.8 Å². The van der Waals surface area contributed by atoms with E-state index in [-0.39, 0.29) is 6.42 Å². The van der Waals surface area contributed by atoms with E-state index in [1.54, 1.807) is 25.6 Å². The summed E-state index contributed by atoms with van der Waals surface area (Å²) in [5.74, 6) is 0.385. The highest BCUT2D eigenvalue weighted by Gasteiger charge is 2.14. The molecule has 0 unspecified atom stereocenters. The molecular weight excluding hydrogens is 430 g/mol. The Hall–Kier alpha value is -2.38. The number of halogens is 1. The van der Waals surface area contributed by atoms with Gasteiger partial charge in [-0.3, -0.25) is 4.79 Å². The molecule has 0 bridgehead atoms. The molecule has 0 saturated carbocycles. The smallest absolute Gasteiger partial charge is 0.303 e. The number of benzene rings is 2. The third-order valence-electron chi connectivity index (χ3n) is 4.01. The number of aromatic nitrogens is 1. The zero-order valence-corrected chi connectivity index (χ0v) is 17.3. The van der Waals surface area contributed by atoms with Gasteiger partial charge in [-0.25, -0.2) is 4.98 Å². The van der Waals surface area contributed by atoms with Gasteiger partial charge in [-0.2, -0.15) is 0 Å². The van der Waals surface area contributed by atoms with Crippen LogP contribution in [0.5, 0.6) is 11.5 Å². The third kappa shape index (κ3) is 4.48. The molecule has 27 heavy (non-hydrogen) atoms. The quantitative estimate of drug-likeness (QED) is 0.518. The van der Waals surface area contributed by atoms with Gasteiger partial charge < -0.3 is 14.6 Å². The first-order chi connectivity index (χ1) is 13.0. The van der Waals surface area contributed by atoms with Crippen molar-refractivity contribution in [2.75, 3.05) is 14.2 Å². The highest BCUT2D eigenvalue weighted by Crippen LogP contribution is 2.37. The van der Waals surface area contributed by atoms with Gasteiger partial charge in [-0.15, -0.1) is 11.3 Å². The number of allylic oxidation sites excluding steroid dienone is 1. The van der Waals surface area contributed by atoms with Crippen LogP contribution in [-0.4, -0.2) is 30.3 Å². The molecule has 0 aliphatic rings.